The lowest BCUT2D eigenvalue weighted by Crippen LogP contribution is -2.57. The summed E-state index contributed by atoms with van der Waals surface area (Å²) in [4.78, 5) is 76.0. The first-order valence-corrected chi connectivity index (χ1v) is 12.4. The van der Waals surface area contributed by atoms with Gasteiger partial charge in [0.25, 0.3) is 0 Å². The molecule has 17 heteroatoms. The fraction of sp³-hybridized carbons (Fsp3) is 0.458. The van der Waals surface area contributed by atoms with Crippen LogP contribution in [0.2, 0.25) is 0 Å². The molecule has 0 saturated heterocycles. The van der Waals surface area contributed by atoms with Gasteiger partial charge in [-0.05, 0) is 37.0 Å². The van der Waals surface area contributed by atoms with E-state index in [9.17, 15) is 39.0 Å². The molecule has 1 aromatic rings. The summed E-state index contributed by atoms with van der Waals surface area (Å²) in [5.41, 5.74) is 16.6. The topological polar surface area (TPSA) is 310 Å². The number of amides is 3. The summed E-state index contributed by atoms with van der Waals surface area (Å²) in [6.07, 6.45) is -1.76. The smallest absolute Gasteiger partial charge is 0.326 e. The minimum atomic E-state index is -1.58. The molecule has 0 aliphatic rings. The van der Waals surface area contributed by atoms with Gasteiger partial charge in [0, 0.05) is 19.4 Å². The van der Waals surface area contributed by atoms with Crippen LogP contribution in [0.1, 0.15) is 37.7 Å². The monoisotopic (exact) mass is 581 g/mol. The molecule has 0 fully saturated rings. The highest BCUT2D eigenvalue weighted by Gasteiger charge is 2.31. The van der Waals surface area contributed by atoms with Gasteiger partial charge in [0.2, 0.25) is 17.7 Å². The number of carbonyl (C=O) groups excluding carboxylic acids is 3. The summed E-state index contributed by atoms with van der Waals surface area (Å²) in [5, 5.41) is 43.8. The van der Waals surface area contributed by atoms with E-state index in [4.69, 9.17) is 27.4 Å². The molecule has 0 aliphatic carbocycles. The number of hydrogen-bond acceptors (Lipinski definition) is 9. The van der Waals surface area contributed by atoms with Crippen LogP contribution in [-0.2, 0) is 35.2 Å². The normalized spacial score (nSPS) is 13.5. The molecule has 3 amide bonds. The van der Waals surface area contributed by atoms with E-state index in [1.807, 2.05) is 0 Å². The van der Waals surface area contributed by atoms with E-state index < -0.39 is 79.1 Å². The molecule has 0 saturated carbocycles. The Morgan fingerprint density at radius 3 is 1.88 bits per heavy atom. The maximum atomic E-state index is 13.3. The highest BCUT2D eigenvalue weighted by Crippen LogP contribution is 2.12. The molecular weight excluding hydrogens is 546 g/mol. The number of guanidine groups is 1. The van der Waals surface area contributed by atoms with Gasteiger partial charge in [-0.15, -0.1) is 0 Å². The SMILES string of the molecule is NC(N)=NCCCC(NC(=O)C(N)CC(=O)O)C(=O)NC(Cc1ccc(O)cc1)C(=O)NC(CCC(=O)O)C(=O)O. The predicted octanol–water partition coefficient (Wildman–Crippen LogP) is -2.81. The number of nitrogens with two attached hydrogens (primary N) is 3. The maximum absolute atomic E-state index is 13.3. The van der Waals surface area contributed by atoms with Crippen LogP contribution in [0.15, 0.2) is 29.3 Å². The molecule has 13 N–H and O–H groups in total. The molecular formula is C24H35N7O10. The first kappa shape index (κ1) is 34.1. The third-order valence-corrected chi connectivity index (χ3v) is 5.58. The summed E-state index contributed by atoms with van der Waals surface area (Å²) in [7, 11) is 0. The number of rotatable bonds is 18. The number of carbonyl (C=O) groups is 6. The van der Waals surface area contributed by atoms with E-state index in [0.717, 1.165) is 0 Å². The van der Waals surface area contributed by atoms with Crippen LogP contribution >= 0.6 is 0 Å². The van der Waals surface area contributed by atoms with Crippen molar-refractivity contribution < 1.29 is 49.2 Å². The van der Waals surface area contributed by atoms with Gasteiger partial charge in [0.15, 0.2) is 5.96 Å². The average Bonchev–Trinajstić information content (AvgIpc) is 2.87. The van der Waals surface area contributed by atoms with Gasteiger partial charge < -0.3 is 53.6 Å². The molecule has 4 atom stereocenters. The number of phenolic OH excluding ortho intramolecular Hbond substituents is 1. The zero-order valence-corrected chi connectivity index (χ0v) is 22.0. The number of carboxylic acid groups (broad SMARTS) is 3. The Labute approximate surface area is 234 Å². The van der Waals surface area contributed by atoms with Gasteiger partial charge in [-0.3, -0.25) is 29.0 Å². The number of benzene rings is 1. The van der Waals surface area contributed by atoms with E-state index in [1.165, 1.54) is 24.3 Å². The second-order valence-corrected chi connectivity index (χ2v) is 8.98. The Morgan fingerprint density at radius 1 is 0.780 bits per heavy atom. The Kier molecular flexibility index (Phi) is 14.1. The number of nitrogens with zero attached hydrogens (tertiary/aromatic N) is 1. The highest BCUT2D eigenvalue weighted by molar-refractivity contribution is 5.95. The molecule has 41 heavy (non-hydrogen) atoms. The Bertz CT molecular complexity index is 1120. The second-order valence-electron chi connectivity index (χ2n) is 8.98. The lowest BCUT2D eigenvalue weighted by atomic mass is 10.0. The number of nitrogens with one attached hydrogen (secondary N) is 3. The van der Waals surface area contributed by atoms with Crippen molar-refractivity contribution >= 4 is 41.6 Å². The molecule has 0 aromatic heterocycles. The Morgan fingerprint density at radius 2 is 1.34 bits per heavy atom. The van der Waals surface area contributed by atoms with Crippen LogP contribution in [0.25, 0.3) is 0 Å². The van der Waals surface area contributed by atoms with Gasteiger partial charge in [0.1, 0.15) is 23.9 Å². The minimum absolute atomic E-state index is 0.0575. The van der Waals surface area contributed by atoms with Gasteiger partial charge >= 0.3 is 17.9 Å². The summed E-state index contributed by atoms with van der Waals surface area (Å²) in [6, 6.07) is -0.229. The number of aliphatic carboxylic acids is 3. The van der Waals surface area contributed by atoms with Crippen molar-refractivity contribution in [2.45, 2.75) is 62.7 Å². The Balaban J connectivity index is 3.21. The predicted molar refractivity (Wildman–Crippen MR) is 142 cm³/mol. The fourth-order valence-corrected chi connectivity index (χ4v) is 3.48. The van der Waals surface area contributed by atoms with E-state index in [1.54, 1.807) is 0 Å². The van der Waals surface area contributed by atoms with Crippen molar-refractivity contribution in [2.75, 3.05) is 6.54 Å². The van der Waals surface area contributed by atoms with Crippen LogP contribution in [0.3, 0.4) is 0 Å². The van der Waals surface area contributed by atoms with Crippen LogP contribution in [0.5, 0.6) is 5.75 Å². The van der Waals surface area contributed by atoms with Gasteiger partial charge in [-0.25, -0.2) is 4.79 Å². The first-order chi connectivity index (χ1) is 19.2. The van der Waals surface area contributed by atoms with Crippen LogP contribution in [0, 0.1) is 0 Å². The number of phenols is 1. The molecule has 0 aliphatic heterocycles. The third-order valence-electron chi connectivity index (χ3n) is 5.58. The van der Waals surface area contributed by atoms with Crippen molar-refractivity contribution in [2.24, 2.45) is 22.2 Å². The number of carboxylic acids is 3. The van der Waals surface area contributed by atoms with Crippen molar-refractivity contribution in [3.63, 3.8) is 0 Å². The van der Waals surface area contributed by atoms with Crippen molar-refractivity contribution in [1.82, 2.24) is 16.0 Å². The summed E-state index contributed by atoms with van der Waals surface area (Å²) in [6.45, 7) is 0.0739. The van der Waals surface area contributed by atoms with Crippen LogP contribution < -0.4 is 33.2 Å². The fourth-order valence-electron chi connectivity index (χ4n) is 3.48. The zero-order chi connectivity index (χ0) is 31.1. The van der Waals surface area contributed by atoms with Crippen LogP contribution in [-0.4, -0.2) is 92.7 Å². The van der Waals surface area contributed by atoms with E-state index in [0.29, 0.717) is 5.56 Å². The molecule has 0 heterocycles. The van der Waals surface area contributed by atoms with E-state index >= 15 is 0 Å². The number of aliphatic imine (C=N–C) groups is 1. The third kappa shape index (κ3) is 13.6. The average molecular weight is 582 g/mol. The molecule has 0 radical (unpaired) electrons. The number of hydrogen-bond donors (Lipinski definition) is 10. The van der Waals surface area contributed by atoms with Gasteiger partial charge in [0.05, 0.1) is 12.5 Å². The highest BCUT2D eigenvalue weighted by atomic mass is 16.4. The molecule has 226 valence electrons. The first-order valence-electron chi connectivity index (χ1n) is 12.4. The summed E-state index contributed by atoms with van der Waals surface area (Å²) < 4.78 is 0. The Hall–Kier alpha value is -4.93. The van der Waals surface area contributed by atoms with Crippen molar-refractivity contribution in [3.8, 4) is 5.75 Å². The molecule has 1 rings (SSSR count). The summed E-state index contributed by atoms with van der Waals surface area (Å²) >= 11 is 0. The van der Waals surface area contributed by atoms with Gasteiger partial charge in [-0.1, -0.05) is 12.1 Å². The lowest BCUT2D eigenvalue weighted by Gasteiger charge is -2.25. The lowest BCUT2D eigenvalue weighted by molar-refractivity contribution is -0.143. The van der Waals surface area contributed by atoms with Crippen molar-refractivity contribution in [1.29, 1.82) is 0 Å². The minimum Gasteiger partial charge on any atom is -0.508 e. The van der Waals surface area contributed by atoms with Crippen molar-refractivity contribution in [3.05, 3.63) is 29.8 Å². The van der Waals surface area contributed by atoms with E-state index in [-0.39, 0.29) is 37.5 Å². The van der Waals surface area contributed by atoms with Gasteiger partial charge in [-0.2, -0.15) is 0 Å². The molecule has 0 bridgehead atoms. The van der Waals surface area contributed by atoms with E-state index in [2.05, 4.69) is 20.9 Å². The quantitative estimate of drug-likeness (QED) is 0.0476. The second kappa shape index (κ2) is 16.9. The maximum Gasteiger partial charge on any atom is 0.326 e. The molecule has 1 aromatic carbocycles. The molecule has 17 nitrogen and oxygen atoms in total. The molecule has 0 spiro atoms. The summed E-state index contributed by atoms with van der Waals surface area (Å²) in [5.74, 6) is -7.19. The molecule has 4 unspecified atom stereocenters. The largest absolute Gasteiger partial charge is 0.508 e. The standard InChI is InChI=1S/C24H35N7O10/c25-14(11-19(35)36)20(37)29-15(2-1-9-28-24(26)27)21(38)31-17(10-12-3-5-13(32)6-4-12)22(39)30-16(23(40)41)7-8-18(33)34/h3-6,14-17,32H,1-2,7-11,25H2,(H,29,37)(H,30,39)(H,31,38)(H,33,34)(H,35,36)(H,40,41)(H4,26,27,28). The zero-order valence-electron chi connectivity index (χ0n) is 22.0. The van der Waals surface area contributed by atoms with Crippen LogP contribution in [0.4, 0.5) is 0 Å². The number of aromatic hydroxyl groups is 1.